The summed E-state index contributed by atoms with van der Waals surface area (Å²) >= 11 is 0. The molecule has 4 fully saturated rings. The van der Waals surface area contributed by atoms with Gasteiger partial charge in [0.15, 0.2) is 0 Å². The third-order valence-electron chi connectivity index (χ3n) is 6.76. The highest BCUT2D eigenvalue weighted by atomic mass is 16.5. The van der Waals surface area contributed by atoms with E-state index >= 15 is 0 Å². The van der Waals surface area contributed by atoms with E-state index in [1.54, 1.807) is 0 Å². The van der Waals surface area contributed by atoms with Crippen LogP contribution in [-0.4, -0.2) is 25.9 Å². The molecule has 0 N–H and O–H groups in total. The van der Waals surface area contributed by atoms with Gasteiger partial charge in [-0.25, -0.2) is 0 Å². The molecule has 5 rings (SSSR count). The van der Waals surface area contributed by atoms with Crippen LogP contribution in [0.1, 0.15) is 26.2 Å². The fourth-order valence-electron chi connectivity index (χ4n) is 5.99. The van der Waals surface area contributed by atoms with Gasteiger partial charge >= 0.3 is 0 Å². The minimum Gasteiger partial charge on any atom is -0.380 e. The molecule has 1 heterocycles. The molecule has 5 aliphatic rings. The Bertz CT molecular complexity index is 425. The molecule has 0 aromatic carbocycles. The third kappa shape index (κ3) is 1.45. The highest BCUT2D eigenvalue weighted by Crippen LogP contribution is 2.65. The SMILES string of the molecule is CC1(COC2CC3CC2C2C4C=CC(C4)C32)COC1. The van der Waals surface area contributed by atoms with Crippen LogP contribution >= 0.6 is 0 Å². The maximum atomic E-state index is 6.36. The first-order chi connectivity index (χ1) is 9.23. The molecule has 0 amide bonds. The minimum atomic E-state index is 0.315. The van der Waals surface area contributed by atoms with E-state index in [1.807, 2.05) is 0 Å². The summed E-state index contributed by atoms with van der Waals surface area (Å²) in [7, 11) is 0. The first kappa shape index (κ1) is 11.3. The highest BCUT2D eigenvalue weighted by molar-refractivity contribution is 5.21. The maximum absolute atomic E-state index is 6.36. The molecular weight excluding hydrogens is 236 g/mol. The molecule has 104 valence electrons. The third-order valence-corrected chi connectivity index (χ3v) is 6.76. The molecule has 7 atom stereocenters. The van der Waals surface area contributed by atoms with Crippen molar-refractivity contribution >= 4 is 0 Å². The molecule has 0 spiro atoms. The zero-order chi connectivity index (χ0) is 12.6. The summed E-state index contributed by atoms with van der Waals surface area (Å²) in [4.78, 5) is 0. The monoisotopic (exact) mass is 260 g/mol. The molecule has 0 aromatic rings. The lowest BCUT2D eigenvalue weighted by atomic mass is 9.72. The molecule has 3 saturated carbocycles. The fraction of sp³-hybridized carbons (Fsp3) is 0.882. The van der Waals surface area contributed by atoms with Gasteiger partial charge in [-0.1, -0.05) is 19.1 Å². The summed E-state index contributed by atoms with van der Waals surface area (Å²) in [5.74, 6) is 5.69. The molecule has 4 bridgehead atoms. The molecule has 1 saturated heterocycles. The van der Waals surface area contributed by atoms with Crippen molar-refractivity contribution in [3.63, 3.8) is 0 Å². The topological polar surface area (TPSA) is 18.5 Å². The van der Waals surface area contributed by atoms with Crippen LogP contribution in [0.5, 0.6) is 0 Å². The molecule has 0 radical (unpaired) electrons. The zero-order valence-electron chi connectivity index (χ0n) is 11.8. The summed E-state index contributed by atoms with van der Waals surface area (Å²) in [6.07, 6.45) is 9.87. The van der Waals surface area contributed by atoms with Gasteiger partial charge in [0, 0.05) is 5.41 Å². The van der Waals surface area contributed by atoms with E-state index in [0.29, 0.717) is 11.5 Å². The van der Waals surface area contributed by atoms with Crippen molar-refractivity contribution in [3.8, 4) is 0 Å². The van der Waals surface area contributed by atoms with Gasteiger partial charge in [0.25, 0.3) is 0 Å². The van der Waals surface area contributed by atoms with Crippen molar-refractivity contribution in [3.05, 3.63) is 12.2 Å². The minimum absolute atomic E-state index is 0.315. The standard InChI is InChI=1S/C17H24O2/c1-17(7-18-8-17)9-19-14-6-12-5-13(14)16-11-3-2-10(4-11)15(12)16/h2-3,10-16H,4-9H2,1H3. The largest absolute Gasteiger partial charge is 0.380 e. The summed E-state index contributed by atoms with van der Waals surface area (Å²) < 4.78 is 11.7. The Morgan fingerprint density at radius 3 is 2.63 bits per heavy atom. The summed E-state index contributed by atoms with van der Waals surface area (Å²) in [6, 6.07) is 0. The lowest BCUT2D eigenvalue weighted by Crippen LogP contribution is -2.45. The molecule has 0 aromatic heterocycles. The van der Waals surface area contributed by atoms with Gasteiger partial charge in [0.1, 0.15) is 0 Å². The van der Waals surface area contributed by atoms with Crippen LogP contribution in [0.2, 0.25) is 0 Å². The number of hydrogen-bond donors (Lipinski definition) is 0. The molecule has 19 heavy (non-hydrogen) atoms. The molecule has 1 aliphatic heterocycles. The Morgan fingerprint density at radius 1 is 1.11 bits per heavy atom. The number of rotatable bonds is 3. The number of hydrogen-bond acceptors (Lipinski definition) is 2. The summed E-state index contributed by atoms with van der Waals surface area (Å²) in [5.41, 5.74) is 0.315. The van der Waals surface area contributed by atoms with E-state index in [0.717, 1.165) is 55.3 Å². The van der Waals surface area contributed by atoms with Crippen molar-refractivity contribution < 1.29 is 9.47 Å². The first-order valence-electron chi connectivity index (χ1n) is 8.11. The van der Waals surface area contributed by atoms with Crippen molar-refractivity contribution in [2.24, 2.45) is 40.9 Å². The molecule has 2 heteroatoms. The smallest absolute Gasteiger partial charge is 0.0609 e. The maximum Gasteiger partial charge on any atom is 0.0609 e. The Hall–Kier alpha value is -0.340. The summed E-state index contributed by atoms with van der Waals surface area (Å²) in [5, 5.41) is 0. The van der Waals surface area contributed by atoms with Crippen molar-refractivity contribution in [1.82, 2.24) is 0 Å². The lowest BCUT2D eigenvalue weighted by molar-refractivity contribution is -0.157. The second-order valence-corrected chi connectivity index (χ2v) is 8.15. The van der Waals surface area contributed by atoms with Gasteiger partial charge in [-0.15, -0.1) is 0 Å². The Balaban J connectivity index is 1.29. The van der Waals surface area contributed by atoms with Crippen LogP contribution in [0.25, 0.3) is 0 Å². The van der Waals surface area contributed by atoms with E-state index in [-0.39, 0.29) is 0 Å². The molecule has 2 nitrogen and oxygen atoms in total. The van der Waals surface area contributed by atoms with Crippen molar-refractivity contribution in [1.29, 1.82) is 0 Å². The van der Waals surface area contributed by atoms with Crippen LogP contribution in [0.3, 0.4) is 0 Å². The van der Waals surface area contributed by atoms with E-state index in [1.165, 1.54) is 19.3 Å². The van der Waals surface area contributed by atoms with Crippen LogP contribution < -0.4 is 0 Å². The molecule has 4 aliphatic carbocycles. The number of allylic oxidation sites excluding steroid dienone is 2. The van der Waals surface area contributed by atoms with Gasteiger partial charge in [-0.05, 0) is 54.8 Å². The van der Waals surface area contributed by atoms with Crippen LogP contribution in [0, 0.1) is 40.9 Å². The predicted molar refractivity (Wildman–Crippen MR) is 72.6 cm³/mol. The van der Waals surface area contributed by atoms with Gasteiger partial charge in [0.05, 0.1) is 25.9 Å². The Morgan fingerprint density at radius 2 is 1.89 bits per heavy atom. The molecule has 7 unspecified atom stereocenters. The van der Waals surface area contributed by atoms with Crippen molar-refractivity contribution in [2.45, 2.75) is 32.3 Å². The first-order valence-corrected chi connectivity index (χ1v) is 8.11. The molecular formula is C17H24O2. The predicted octanol–water partition coefficient (Wildman–Crippen LogP) is 2.89. The summed E-state index contributed by atoms with van der Waals surface area (Å²) in [6.45, 7) is 5.01. The lowest BCUT2D eigenvalue weighted by Gasteiger charge is -2.41. The van der Waals surface area contributed by atoms with E-state index in [2.05, 4.69) is 19.1 Å². The van der Waals surface area contributed by atoms with E-state index < -0.39 is 0 Å². The fourth-order valence-corrected chi connectivity index (χ4v) is 5.99. The zero-order valence-corrected chi connectivity index (χ0v) is 11.8. The normalized spacial score (nSPS) is 55.5. The van der Waals surface area contributed by atoms with Crippen molar-refractivity contribution in [2.75, 3.05) is 19.8 Å². The highest BCUT2D eigenvalue weighted by Gasteiger charge is 2.61. The van der Waals surface area contributed by atoms with Crippen LogP contribution in [0.4, 0.5) is 0 Å². The van der Waals surface area contributed by atoms with E-state index in [4.69, 9.17) is 9.47 Å². The Labute approximate surface area is 115 Å². The van der Waals surface area contributed by atoms with E-state index in [9.17, 15) is 0 Å². The second kappa shape index (κ2) is 3.65. The van der Waals surface area contributed by atoms with Crippen LogP contribution in [-0.2, 0) is 9.47 Å². The average Bonchev–Trinajstić information content (AvgIpc) is 3.10. The number of fused-ring (bicyclic) bond motifs is 9. The quantitative estimate of drug-likeness (QED) is 0.574. The van der Waals surface area contributed by atoms with Gasteiger partial charge < -0.3 is 9.47 Å². The van der Waals surface area contributed by atoms with Gasteiger partial charge in [-0.2, -0.15) is 0 Å². The van der Waals surface area contributed by atoms with Crippen LogP contribution in [0.15, 0.2) is 12.2 Å². The number of ether oxygens (including phenoxy) is 2. The average molecular weight is 260 g/mol. The Kier molecular flexibility index (Phi) is 2.18. The van der Waals surface area contributed by atoms with Gasteiger partial charge in [-0.3, -0.25) is 0 Å². The second-order valence-electron chi connectivity index (χ2n) is 8.15. The van der Waals surface area contributed by atoms with Gasteiger partial charge in [0.2, 0.25) is 0 Å².